The molecule has 4 aliphatic rings. The topological polar surface area (TPSA) is 159 Å². The maximum atomic E-state index is 13.3. The van der Waals surface area contributed by atoms with Gasteiger partial charge in [-0.3, -0.25) is 4.79 Å². The average molecular weight is 497 g/mol. The molecule has 0 aromatic rings. The molecule has 0 aliphatic heterocycles. The monoisotopic (exact) mass is 496 g/mol. The summed E-state index contributed by atoms with van der Waals surface area (Å²) in [6, 6.07) is 0. The summed E-state index contributed by atoms with van der Waals surface area (Å²) < 4.78 is 0. The Kier molecular flexibility index (Phi) is 6.66. The van der Waals surface area contributed by atoms with Crippen LogP contribution in [0.15, 0.2) is 11.6 Å². The smallest absolute Gasteiger partial charge is 0.187 e. The molecular formula is C27H44O8. The molecule has 4 aliphatic carbocycles. The van der Waals surface area contributed by atoms with Gasteiger partial charge in [-0.15, -0.1) is 0 Å². The molecule has 0 saturated heterocycles. The van der Waals surface area contributed by atoms with Crippen molar-refractivity contribution in [3.63, 3.8) is 0 Å². The highest BCUT2D eigenvalue weighted by Gasteiger charge is 2.71. The van der Waals surface area contributed by atoms with Gasteiger partial charge >= 0.3 is 0 Å². The van der Waals surface area contributed by atoms with Crippen LogP contribution in [0.2, 0.25) is 0 Å². The van der Waals surface area contributed by atoms with E-state index in [1.807, 2.05) is 13.8 Å². The Morgan fingerprint density at radius 1 is 1.03 bits per heavy atom. The SMILES string of the molecule is C[C@@H](CO)CC[C@@H](O)[C@](C)(O)[C@H]1CC[C@@]2(O)C3=CC(=O)[C@]4(O)C[C@@H](O)[C@@H](O)C[C@]4(C)[C@H]3CC[C@]12C. The zero-order valence-corrected chi connectivity index (χ0v) is 21.4. The lowest BCUT2D eigenvalue weighted by molar-refractivity contribution is -0.211. The van der Waals surface area contributed by atoms with Gasteiger partial charge in [0.1, 0.15) is 5.60 Å². The summed E-state index contributed by atoms with van der Waals surface area (Å²) in [6.07, 6.45) is 0.630. The second-order valence-corrected chi connectivity index (χ2v) is 12.9. The summed E-state index contributed by atoms with van der Waals surface area (Å²) in [5.41, 5.74) is -5.98. The second-order valence-electron chi connectivity index (χ2n) is 12.9. The molecule has 0 bridgehead atoms. The maximum Gasteiger partial charge on any atom is 0.187 e. The van der Waals surface area contributed by atoms with E-state index in [1.54, 1.807) is 13.8 Å². The van der Waals surface area contributed by atoms with Gasteiger partial charge in [-0.1, -0.05) is 20.8 Å². The normalized spacial score (nSPS) is 48.8. The number of hydrogen-bond donors (Lipinski definition) is 7. The quantitative estimate of drug-likeness (QED) is 0.285. The van der Waals surface area contributed by atoms with Gasteiger partial charge in [0.05, 0.1) is 29.5 Å². The molecule has 200 valence electrons. The number of carbonyl (C=O) groups is 1. The van der Waals surface area contributed by atoms with E-state index in [0.29, 0.717) is 44.1 Å². The number of fused-ring (bicyclic) bond motifs is 5. The predicted molar refractivity (Wildman–Crippen MR) is 128 cm³/mol. The van der Waals surface area contributed by atoms with Crippen LogP contribution in [-0.2, 0) is 4.79 Å². The van der Waals surface area contributed by atoms with E-state index in [1.165, 1.54) is 6.08 Å². The van der Waals surface area contributed by atoms with Gasteiger partial charge < -0.3 is 35.7 Å². The van der Waals surface area contributed by atoms with Crippen LogP contribution in [-0.4, -0.2) is 83.3 Å². The zero-order valence-electron chi connectivity index (χ0n) is 21.4. The van der Waals surface area contributed by atoms with E-state index in [-0.39, 0.29) is 31.3 Å². The third kappa shape index (κ3) is 3.62. The Bertz CT molecular complexity index is 886. The molecular weight excluding hydrogens is 452 g/mol. The van der Waals surface area contributed by atoms with Crippen LogP contribution in [0.5, 0.6) is 0 Å². The molecule has 8 heteroatoms. The Hall–Kier alpha value is -0.870. The molecule has 0 unspecified atom stereocenters. The van der Waals surface area contributed by atoms with Gasteiger partial charge in [0.2, 0.25) is 0 Å². The molecule has 0 aromatic heterocycles. The molecule has 7 N–H and O–H groups in total. The first-order valence-electron chi connectivity index (χ1n) is 13.2. The molecule has 0 heterocycles. The summed E-state index contributed by atoms with van der Waals surface area (Å²) >= 11 is 0. The minimum absolute atomic E-state index is 0.00856. The van der Waals surface area contributed by atoms with Crippen molar-refractivity contribution in [3.8, 4) is 0 Å². The van der Waals surface area contributed by atoms with Crippen molar-refractivity contribution < 1.29 is 40.5 Å². The van der Waals surface area contributed by atoms with E-state index >= 15 is 0 Å². The van der Waals surface area contributed by atoms with E-state index in [2.05, 4.69) is 0 Å². The van der Waals surface area contributed by atoms with E-state index in [0.717, 1.165) is 0 Å². The Morgan fingerprint density at radius 2 is 1.66 bits per heavy atom. The lowest BCUT2D eigenvalue weighted by atomic mass is 9.44. The van der Waals surface area contributed by atoms with Gasteiger partial charge in [-0.25, -0.2) is 0 Å². The van der Waals surface area contributed by atoms with Crippen molar-refractivity contribution >= 4 is 5.78 Å². The maximum absolute atomic E-state index is 13.3. The first kappa shape index (κ1) is 27.2. The van der Waals surface area contributed by atoms with Crippen LogP contribution in [0.25, 0.3) is 0 Å². The van der Waals surface area contributed by atoms with Gasteiger partial charge in [0, 0.05) is 23.9 Å². The zero-order chi connectivity index (χ0) is 26.2. The Morgan fingerprint density at radius 3 is 2.29 bits per heavy atom. The number of ketones is 1. The van der Waals surface area contributed by atoms with E-state index in [9.17, 15) is 40.5 Å². The average Bonchev–Trinajstić information content (AvgIpc) is 3.07. The summed E-state index contributed by atoms with van der Waals surface area (Å²) in [5, 5.41) is 76.2. The van der Waals surface area contributed by atoms with Crippen molar-refractivity contribution in [2.75, 3.05) is 6.61 Å². The number of aliphatic hydroxyl groups is 7. The number of aliphatic hydroxyl groups excluding tert-OH is 4. The van der Waals surface area contributed by atoms with Crippen LogP contribution < -0.4 is 0 Å². The fourth-order valence-corrected chi connectivity index (χ4v) is 8.35. The third-order valence-corrected chi connectivity index (χ3v) is 10.9. The predicted octanol–water partition coefficient (Wildman–Crippen LogP) is 0.826. The van der Waals surface area contributed by atoms with Gasteiger partial charge in [0.25, 0.3) is 0 Å². The van der Waals surface area contributed by atoms with Crippen molar-refractivity contribution in [2.45, 2.75) is 114 Å². The van der Waals surface area contributed by atoms with E-state index in [4.69, 9.17) is 0 Å². The van der Waals surface area contributed by atoms with Crippen LogP contribution in [0.4, 0.5) is 0 Å². The summed E-state index contributed by atoms with van der Waals surface area (Å²) in [6.45, 7) is 7.21. The fraction of sp³-hybridized carbons (Fsp3) is 0.889. The van der Waals surface area contributed by atoms with Crippen LogP contribution in [0, 0.1) is 28.6 Å². The second kappa shape index (κ2) is 8.58. The summed E-state index contributed by atoms with van der Waals surface area (Å²) in [7, 11) is 0. The van der Waals surface area contributed by atoms with Crippen LogP contribution >= 0.6 is 0 Å². The highest BCUT2D eigenvalue weighted by molar-refractivity contribution is 6.00. The Balaban J connectivity index is 1.68. The molecule has 4 rings (SSSR count). The molecule has 11 atom stereocenters. The highest BCUT2D eigenvalue weighted by Crippen LogP contribution is 2.69. The van der Waals surface area contributed by atoms with Gasteiger partial charge in [-0.2, -0.15) is 0 Å². The first-order chi connectivity index (χ1) is 16.1. The molecule has 0 aromatic carbocycles. The van der Waals surface area contributed by atoms with Crippen molar-refractivity contribution in [3.05, 3.63) is 11.6 Å². The molecule has 0 amide bonds. The summed E-state index contributed by atoms with van der Waals surface area (Å²) in [5.74, 6) is -1.33. The number of rotatable bonds is 6. The molecule has 3 saturated carbocycles. The highest BCUT2D eigenvalue weighted by atomic mass is 16.3. The molecule has 0 radical (unpaired) electrons. The molecule has 0 spiro atoms. The van der Waals surface area contributed by atoms with Gasteiger partial charge in [-0.05, 0) is 81.3 Å². The van der Waals surface area contributed by atoms with E-state index < -0.39 is 57.6 Å². The van der Waals surface area contributed by atoms with Crippen LogP contribution in [0.1, 0.15) is 79.1 Å². The molecule has 3 fully saturated rings. The molecule has 35 heavy (non-hydrogen) atoms. The van der Waals surface area contributed by atoms with Crippen molar-refractivity contribution in [1.82, 2.24) is 0 Å². The Labute approximate surface area is 207 Å². The standard InChI is InChI=1S/C27H44O8/c1-15(14-28)5-6-21(31)25(4,33)20-8-10-26(34)17-11-22(32)27(35)13-19(30)18(29)12-24(27,3)16(17)7-9-23(20,26)2/h11,15-16,18-21,28-31,33-35H,5-10,12-14H2,1-4H3/t15-,16+,18+,19-,20+,21-,23-,24-,25-,26-,27-/m1/s1. The van der Waals surface area contributed by atoms with Gasteiger partial charge in [0.15, 0.2) is 5.78 Å². The van der Waals surface area contributed by atoms with Crippen LogP contribution in [0.3, 0.4) is 0 Å². The first-order valence-corrected chi connectivity index (χ1v) is 13.2. The lowest BCUT2D eigenvalue weighted by Gasteiger charge is -2.62. The number of hydrogen-bond acceptors (Lipinski definition) is 8. The molecule has 8 nitrogen and oxygen atoms in total. The lowest BCUT2D eigenvalue weighted by Crippen LogP contribution is -2.69. The third-order valence-electron chi connectivity index (χ3n) is 10.9. The minimum Gasteiger partial charge on any atom is -0.396 e. The summed E-state index contributed by atoms with van der Waals surface area (Å²) in [4.78, 5) is 13.3. The number of carbonyl (C=O) groups excluding carboxylic acids is 1. The fourth-order valence-electron chi connectivity index (χ4n) is 8.35. The van der Waals surface area contributed by atoms with Crippen molar-refractivity contribution in [1.29, 1.82) is 0 Å². The van der Waals surface area contributed by atoms with Crippen molar-refractivity contribution in [2.24, 2.45) is 28.6 Å². The minimum atomic E-state index is -1.81. The largest absolute Gasteiger partial charge is 0.396 e.